The van der Waals surface area contributed by atoms with Crippen molar-refractivity contribution >= 4 is 41.2 Å². The standard InChI is InChI=1S/C16H14ClN3O4S/c17-12-1-4-14(5-2-12)25-8-7-16(22)19-18-10-11-9-13(20(23)24)3-6-15(11)21/h1-6,9-10,21H,7-8H2,(H,19,22)/b18-10-. The molecule has 1 amide bonds. The van der Waals surface area contributed by atoms with Crippen molar-refractivity contribution in [2.75, 3.05) is 5.75 Å². The largest absolute Gasteiger partial charge is 0.507 e. The summed E-state index contributed by atoms with van der Waals surface area (Å²) in [5, 5.41) is 24.7. The van der Waals surface area contributed by atoms with E-state index in [1.807, 2.05) is 12.1 Å². The lowest BCUT2D eigenvalue weighted by molar-refractivity contribution is -0.384. The summed E-state index contributed by atoms with van der Waals surface area (Å²) in [4.78, 5) is 22.8. The van der Waals surface area contributed by atoms with Crippen molar-refractivity contribution in [2.24, 2.45) is 5.10 Å². The number of non-ortho nitro benzene ring substituents is 1. The van der Waals surface area contributed by atoms with E-state index in [2.05, 4.69) is 10.5 Å². The normalized spacial score (nSPS) is 10.8. The van der Waals surface area contributed by atoms with Gasteiger partial charge in [-0.05, 0) is 30.3 Å². The Morgan fingerprint density at radius 2 is 2.04 bits per heavy atom. The molecule has 130 valence electrons. The van der Waals surface area contributed by atoms with E-state index < -0.39 is 4.92 Å². The summed E-state index contributed by atoms with van der Waals surface area (Å²) in [7, 11) is 0. The molecule has 0 aliphatic rings. The number of nitro groups is 1. The minimum Gasteiger partial charge on any atom is -0.507 e. The van der Waals surface area contributed by atoms with Gasteiger partial charge in [0.1, 0.15) is 5.75 Å². The van der Waals surface area contributed by atoms with E-state index in [9.17, 15) is 20.0 Å². The van der Waals surface area contributed by atoms with Gasteiger partial charge in [-0.3, -0.25) is 14.9 Å². The first kappa shape index (κ1) is 18.8. The zero-order chi connectivity index (χ0) is 18.2. The monoisotopic (exact) mass is 379 g/mol. The molecule has 9 heteroatoms. The summed E-state index contributed by atoms with van der Waals surface area (Å²) in [5.74, 6) is 0.0925. The van der Waals surface area contributed by atoms with Crippen molar-refractivity contribution in [1.82, 2.24) is 5.43 Å². The molecular weight excluding hydrogens is 366 g/mol. The van der Waals surface area contributed by atoms with Crippen molar-refractivity contribution in [3.63, 3.8) is 0 Å². The summed E-state index contributed by atoms with van der Waals surface area (Å²) in [6.07, 6.45) is 1.40. The van der Waals surface area contributed by atoms with Gasteiger partial charge in [0.05, 0.1) is 11.1 Å². The van der Waals surface area contributed by atoms with E-state index in [-0.39, 0.29) is 29.3 Å². The van der Waals surface area contributed by atoms with E-state index >= 15 is 0 Å². The summed E-state index contributed by atoms with van der Waals surface area (Å²) in [5.41, 5.74) is 2.29. The number of nitro benzene ring substituents is 1. The van der Waals surface area contributed by atoms with Crippen molar-refractivity contribution in [3.05, 3.63) is 63.2 Å². The van der Waals surface area contributed by atoms with Crippen LogP contribution in [0.25, 0.3) is 0 Å². The number of aromatic hydroxyl groups is 1. The molecule has 0 spiro atoms. The number of benzene rings is 2. The molecule has 0 aromatic heterocycles. The van der Waals surface area contributed by atoms with Crippen molar-refractivity contribution < 1.29 is 14.8 Å². The van der Waals surface area contributed by atoms with Crippen LogP contribution in [-0.4, -0.2) is 27.9 Å². The third-order valence-electron chi connectivity index (χ3n) is 3.03. The molecular formula is C16H14ClN3O4S. The number of carbonyl (C=O) groups excluding carboxylic acids is 1. The van der Waals surface area contributed by atoms with E-state index in [0.29, 0.717) is 10.8 Å². The van der Waals surface area contributed by atoms with Crippen molar-refractivity contribution in [3.8, 4) is 5.75 Å². The molecule has 0 radical (unpaired) electrons. The number of phenolic OH excluding ortho intramolecular Hbond substituents is 1. The lowest BCUT2D eigenvalue weighted by atomic mass is 10.2. The lowest BCUT2D eigenvalue weighted by Gasteiger charge is -2.02. The molecule has 25 heavy (non-hydrogen) atoms. The van der Waals surface area contributed by atoms with Crippen molar-refractivity contribution in [2.45, 2.75) is 11.3 Å². The number of halogens is 1. The molecule has 2 aromatic carbocycles. The van der Waals surface area contributed by atoms with Gasteiger partial charge in [-0.2, -0.15) is 5.10 Å². The second-order valence-electron chi connectivity index (χ2n) is 4.85. The van der Waals surface area contributed by atoms with Crippen LogP contribution in [-0.2, 0) is 4.79 Å². The highest BCUT2D eigenvalue weighted by Gasteiger charge is 2.09. The number of phenols is 1. The predicted octanol–water partition coefficient (Wildman–Crippen LogP) is 3.59. The Labute approximate surface area is 152 Å². The van der Waals surface area contributed by atoms with Gasteiger partial charge < -0.3 is 5.11 Å². The second kappa shape index (κ2) is 9.05. The molecule has 0 aliphatic heterocycles. The minimum absolute atomic E-state index is 0.144. The number of hydrazone groups is 1. The Bertz CT molecular complexity index is 796. The maximum absolute atomic E-state index is 11.7. The topological polar surface area (TPSA) is 105 Å². The average molecular weight is 380 g/mol. The minimum atomic E-state index is -0.580. The van der Waals surface area contributed by atoms with Crippen LogP contribution in [0.4, 0.5) is 5.69 Å². The summed E-state index contributed by atoms with van der Waals surface area (Å²) in [6, 6.07) is 10.8. The van der Waals surface area contributed by atoms with Crippen LogP contribution in [0.3, 0.4) is 0 Å². The molecule has 2 aromatic rings. The molecule has 0 saturated carbocycles. The Balaban J connectivity index is 1.81. The van der Waals surface area contributed by atoms with Crippen LogP contribution >= 0.6 is 23.4 Å². The first-order valence-corrected chi connectivity index (χ1v) is 8.50. The van der Waals surface area contributed by atoms with Crippen molar-refractivity contribution in [1.29, 1.82) is 0 Å². The van der Waals surface area contributed by atoms with E-state index in [4.69, 9.17) is 11.6 Å². The number of nitrogens with zero attached hydrogens (tertiary/aromatic N) is 2. The molecule has 0 aliphatic carbocycles. The predicted molar refractivity (Wildman–Crippen MR) is 97.3 cm³/mol. The van der Waals surface area contributed by atoms with Gasteiger partial charge in [0.15, 0.2) is 0 Å². The highest BCUT2D eigenvalue weighted by molar-refractivity contribution is 7.99. The first-order valence-electron chi connectivity index (χ1n) is 7.13. The number of hydrogen-bond acceptors (Lipinski definition) is 6. The van der Waals surface area contributed by atoms with Gasteiger partial charge in [0.25, 0.3) is 5.69 Å². The van der Waals surface area contributed by atoms with Gasteiger partial charge in [-0.1, -0.05) is 11.6 Å². The Hall–Kier alpha value is -2.58. The van der Waals surface area contributed by atoms with Crippen LogP contribution in [0.15, 0.2) is 52.5 Å². The smallest absolute Gasteiger partial charge is 0.270 e. The fourth-order valence-electron chi connectivity index (χ4n) is 1.78. The average Bonchev–Trinajstić information content (AvgIpc) is 2.58. The molecule has 0 bridgehead atoms. The van der Waals surface area contributed by atoms with Crippen LogP contribution in [0.5, 0.6) is 5.75 Å². The lowest BCUT2D eigenvalue weighted by Crippen LogP contribution is -2.17. The van der Waals surface area contributed by atoms with E-state index in [1.165, 1.54) is 30.0 Å². The zero-order valence-electron chi connectivity index (χ0n) is 12.9. The Morgan fingerprint density at radius 3 is 2.72 bits per heavy atom. The van der Waals surface area contributed by atoms with Gasteiger partial charge in [-0.25, -0.2) is 5.43 Å². The molecule has 7 nitrogen and oxygen atoms in total. The van der Waals surface area contributed by atoms with Gasteiger partial charge in [0, 0.05) is 39.8 Å². The summed E-state index contributed by atoms with van der Waals surface area (Å²) in [6.45, 7) is 0. The number of rotatable bonds is 7. The van der Waals surface area contributed by atoms with Crippen LogP contribution < -0.4 is 5.43 Å². The molecule has 2 N–H and O–H groups in total. The molecule has 2 rings (SSSR count). The van der Waals surface area contributed by atoms with E-state index in [1.54, 1.807) is 12.1 Å². The fraction of sp³-hybridized carbons (Fsp3) is 0.125. The number of carbonyl (C=O) groups is 1. The molecule has 0 heterocycles. The maximum Gasteiger partial charge on any atom is 0.270 e. The third kappa shape index (κ3) is 6.09. The number of nitrogens with one attached hydrogen (secondary N) is 1. The molecule has 0 unspecified atom stereocenters. The number of thioether (sulfide) groups is 1. The molecule has 0 fully saturated rings. The van der Waals surface area contributed by atoms with Crippen LogP contribution in [0.1, 0.15) is 12.0 Å². The summed E-state index contributed by atoms with van der Waals surface area (Å²) >= 11 is 7.31. The second-order valence-corrected chi connectivity index (χ2v) is 6.45. The Morgan fingerprint density at radius 1 is 1.32 bits per heavy atom. The van der Waals surface area contributed by atoms with Gasteiger partial charge in [-0.15, -0.1) is 11.8 Å². The quantitative estimate of drug-likeness (QED) is 0.331. The van der Waals surface area contributed by atoms with E-state index in [0.717, 1.165) is 11.1 Å². The van der Waals surface area contributed by atoms with Gasteiger partial charge in [0.2, 0.25) is 5.91 Å². The molecule has 0 atom stereocenters. The SMILES string of the molecule is O=C(CCSc1ccc(Cl)cc1)N/N=C\c1cc([N+](=O)[O-])ccc1O. The summed E-state index contributed by atoms with van der Waals surface area (Å²) < 4.78 is 0. The van der Waals surface area contributed by atoms with Crippen LogP contribution in [0, 0.1) is 10.1 Å². The fourth-order valence-corrected chi connectivity index (χ4v) is 2.76. The third-order valence-corrected chi connectivity index (χ3v) is 4.29. The Kier molecular flexibility index (Phi) is 6.79. The maximum atomic E-state index is 11.7. The molecule has 0 saturated heterocycles. The van der Waals surface area contributed by atoms with Crippen LogP contribution in [0.2, 0.25) is 5.02 Å². The van der Waals surface area contributed by atoms with Gasteiger partial charge >= 0.3 is 0 Å². The number of hydrogen-bond donors (Lipinski definition) is 2. The highest BCUT2D eigenvalue weighted by Crippen LogP contribution is 2.22. The highest BCUT2D eigenvalue weighted by atomic mass is 35.5. The number of amides is 1. The first-order chi connectivity index (χ1) is 12.0. The zero-order valence-corrected chi connectivity index (χ0v) is 14.5.